The molecule has 0 radical (unpaired) electrons. The number of hydrogen-bond acceptors (Lipinski definition) is 13. The molecule has 0 aromatic heterocycles. The Kier molecular flexibility index (Phi) is 49.6. The molecule has 12 atom stereocenters. The molecular formula is C67H129NO13. The van der Waals surface area contributed by atoms with Crippen molar-refractivity contribution in [3.8, 4) is 0 Å². The van der Waals surface area contributed by atoms with Crippen molar-refractivity contribution < 1.29 is 64.6 Å². The van der Waals surface area contributed by atoms with Crippen LogP contribution in [-0.2, 0) is 23.7 Å². The molecule has 14 nitrogen and oxygen atoms in total. The molecule has 2 aliphatic heterocycles. The maximum absolute atomic E-state index is 13.3. The Labute approximate surface area is 495 Å². The van der Waals surface area contributed by atoms with Crippen LogP contribution in [0.3, 0.4) is 0 Å². The number of aliphatic hydroxyl groups excluding tert-OH is 8. The van der Waals surface area contributed by atoms with Gasteiger partial charge in [-0.15, -0.1) is 0 Å². The van der Waals surface area contributed by atoms with E-state index in [1.807, 2.05) is 6.08 Å². The lowest BCUT2D eigenvalue weighted by molar-refractivity contribution is -0.359. The Morgan fingerprint density at radius 3 is 1.14 bits per heavy atom. The van der Waals surface area contributed by atoms with Crippen molar-refractivity contribution in [2.24, 2.45) is 0 Å². The van der Waals surface area contributed by atoms with Gasteiger partial charge in [0.05, 0.1) is 32.0 Å². The lowest BCUT2D eigenvalue weighted by atomic mass is 9.97. The highest BCUT2D eigenvalue weighted by Crippen LogP contribution is 2.30. The van der Waals surface area contributed by atoms with Gasteiger partial charge in [-0.25, -0.2) is 0 Å². The summed E-state index contributed by atoms with van der Waals surface area (Å²) < 4.78 is 22.8. The minimum absolute atomic E-state index is 0.232. The summed E-state index contributed by atoms with van der Waals surface area (Å²) in [6.07, 6.45) is 47.2. The molecule has 12 unspecified atom stereocenters. The van der Waals surface area contributed by atoms with Crippen molar-refractivity contribution >= 4 is 5.91 Å². The Balaban J connectivity index is 1.60. The number of rotatable bonds is 57. The minimum Gasteiger partial charge on any atom is -0.394 e. The molecule has 2 fully saturated rings. The van der Waals surface area contributed by atoms with E-state index >= 15 is 0 Å². The number of unbranched alkanes of at least 4 members (excludes halogenated alkanes) is 44. The number of carbonyl (C=O) groups is 1. The molecule has 0 aromatic carbocycles. The molecule has 0 spiro atoms. The number of allylic oxidation sites excluding steroid dienone is 1. The third-order valence-corrected chi connectivity index (χ3v) is 17.2. The fraction of sp³-hybridized carbons (Fsp3) is 0.955. The van der Waals surface area contributed by atoms with Gasteiger partial charge in [-0.1, -0.05) is 302 Å². The van der Waals surface area contributed by atoms with Crippen molar-refractivity contribution in [1.82, 2.24) is 5.32 Å². The van der Waals surface area contributed by atoms with E-state index in [-0.39, 0.29) is 18.9 Å². The number of ether oxygens (including phenoxy) is 4. The normalized spacial score (nSPS) is 24.1. The van der Waals surface area contributed by atoms with Gasteiger partial charge in [-0.3, -0.25) is 4.79 Å². The number of nitrogens with one attached hydrogen (secondary N) is 1. The topological polar surface area (TPSA) is 228 Å². The lowest BCUT2D eigenvalue weighted by Crippen LogP contribution is -2.65. The van der Waals surface area contributed by atoms with Crippen LogP contribution >= 0.6 is 0 Å². The third-order valence-electron chi connectivity index (χ3n) is 17.2. The average Bonchev–Trinajstić information content (AvgIpc) is 3.63. The molecule has 0 aromatic rings. The maximum Gasteiger partial charge on any atom is 0.220 e. The molecule has 1 amide bonds. The summed E-state index contributed by atoms with van der Waals surface area (Å²) in [5, 5.41) is 87.2. The molecular weight excluding hydrogens is 1030 g/mol. The number of amides is 1. The largest absolute Gasteiger partial charge is 0.394 e. The second-order valence-electron chi connectivity index (χ2n) is 24.7. The zero-order valence-corrected chi connectivity index (χ0v) is 52.1. The molecule has 14 heteroatoms. The molecule has 2 aliphatic rings. The van der Waals surface area contributed by atoms with Crippen molar-refractivity contribution in [3.63, 3.8) is 0 Å². The van der Waals surface area contributed by atoms with Gasteiger partial charge in [0, 0.05) is 6.42 Å². The first-order valence-corrected chi connectivity index (χ1v) is 34.4. The first-order valence-electron chi connectivity index (χ1n) is 34.4. The highest BCUT2D eigenvalue weighted by atomic mass is 16.7. The zero-order chi connectivity index (χ0) is 58.8. The number of hydrogen-bond donors (Lipinski definition) is 9. The van der Waals surface area contributed by atoms with Gasteiger partial charge >= 0.3 is 0 Å². The number of aliphatic hydroxyl groups is 8. The highest BCUT2D eigenvalue weighted by Gasteiger charge is 2.51. The van der Waals surface area contributed by atoms with Gasteiger partial charge in [0.2, 0.25) is 5.91 Å². The van der Waals surface area contributed by atoms with Crippen LogP contribution in [0, 0.1) is 0 Å². The van der Waals surface area contributed by atoms with E-state index < -0.39 is 86.8 Å². The van der Waals surface area contributed by atoms with Crippen molar-refractivity contribution in [2.45, 2.75) is 389 Å². The Morgan fingerprint density at radius 2 is 0.765 bits per heavy atom. The smallest absolute Gasteiger partial charge is 0.220 e. The summed E-state index contributed by atoms with van der Waals surface area (Å²) in [4.78, 5) is 13.3. The Hall–Kier alpha value is -1.27. The quantitative estimate of drug-likeness (QED) is 0.0204. The molecule has 2 heterocycles. The van der Waals surface area contributed by atoms with Crippen LogP contribution in [0.15, 0.2) is 12.2 Å². The van der Waals surface area contributed by atoms with Gasteiger partial charge in [0.1, 0.15) is 48.8 Å². The van der Waals surface area contributed by atoms with Crippen LogP contribution in [0.4, 0.5) is 0 Å². The highest BCUT2D eigenvalue weighted by molar-refractivity contribution is 5.76. The van der Waals surface area contributed by atoms with Gasteiger partial charge in [-0.2, -0.15) is 0 Å². The van der Waals surface area contributed by atoms with E-state index in [1.54, 1.807) is 6.08 Å². The standard InChI is InChI=1S/C67H129NO13/c1-3-5-7-9-11-13-15-17-19-20-21-22-23-24-25-26-27-28-29-30-31-32-33-34-35-36-37-39-41-43-45-47-49-51-59(72)68-55(56(71)50-48-46-44-42-40-38-18-16-14-12-10-8-6-4-2)54-78-66-64(77)62(75)65(58(53-70)80-66)81-67-63(76)61(74)60(73)57(52-69)79-67/h48,50,55-58,60-67,69-71,73-77H,3-47,49,51-54H2,1-2H3,(H,68,72)/b50-48+. The van der Waals surface area contributed by atoms with E-state index in [0.717, 1.165) is 38.5 Å². The van der Waals surface area contributed by atoms with Crippen LogP contribution in [0.1, 0.15) is 316 Å². The first kappa shape index (κ1) is 75.8. The summed E-state index contributed by atoms with van der Waals surface area (Å²) in [5.41, 5.74) is 0. The summed E-state index contributed by atoms with van der Waals surface area (Å²) in [7, 11) is 0. The lowest BCUT2D eigenvalue weighted by Gasteiger charge is -2.46. The molecule has 2 saturated heterocycles. The number of carbonyl (C=O) groups excluding carboxylic acids is 1. The maximum atomic E-state index is 13.3. The van der Waals surface area contributed by atoms with Gasteiger partial charge in [0.25, 0.3) is 0 Å². The molecule has 0 aliphatic carbocycles. The van der Waals surface area contributed by atoms with E-state index in [1.165, 1.54) is 250 Å². The van der Waals surface area contributed by atoms with Crippen molar-refractivity contribution in [3.05, 3.63) is 12.2 Å². The summed E-state index contributed by atoms with van der Waals surface area (Å²) >= 11 is 0. The van der Waals surface area contributed by atoms with Crippen LogP contribution < -0.4 is 5.32 Å². The van der Waals surface area contributed by atoms with E-state index in [4.69, 9.17) is 18.9 Å². The molecule has 0 saturated carbocycles. The molecule has 81 heavy (non-hydrogen) atoms. The molecule has 0 bridgehead atoms. The van der Waals surface area contributed by atoms with Crippen LogP contribution in [-0.4, -0.2) is 140 Å². The predicted octanol–water partition coefficient (Wildman–Crippen LogP) is 13.4. The average molecular weight is 1160 g/mol. The van der Waals surface area contributed by atoms with Gasteiger partial charge in [-0.05, 0) is 19.3 Å². The zero-order valence-electron chi connectivity index (χ0n) is 52.1. The summed E-state index contributed by atoms with van der Waals surface area (Å²) in [6.45, 7) is 2.84. The summed E-state index contributed by atoms with van der Waals surface area (Å²) in [6, 6.07) is -0.910. The predicted molar refractivity (Wildman–Crippen MR) is 328 cm³/mol. The van der Waals surface area contributed by atoms with Gasteiger partial charge in [0.15, 0.2) is 12.6 Å². The second-order valence-corrected chi connectivity index (χ2v) is 24.7. The SMILES string of the molecule is CCCCCCCCCCCCCC/C=C/C(O)C(COC1OC(CO)C(OC2OC(CO)C(O)C(O)C2O)C(O)C1O)NC(=O)CCCCCCCCCCCCCCCCCCCCCCCCCCCCCCCCCCC. The van der Waals surface area contributed by atoms with Crippen LogP contribution in [0.2, 0.25) is 0 Å². The fourth-order valence-corrected chi connectivity index (χ4v) is 11.7. The Bertz CT molecular complexity index is 1410. The molecule has 480 valence electrons. The van der Waals surface area contributed by atoms with Crippen molar-refractivity contribution in [2.75, 3.05) is 19.8 Å². The summed E-state index contributed by atoms with van der Waals surface area (Å²) in [5.74, 6) is -0.232. The molecule has 9 N–H and O–H groups in total. The molecule has 2 rings (SSSR count). The van der Waals surface area contributed by atoms with Crippen LogP contribution in [0.25, 0.3) is 0 Å². The van der Waals surface area contributed by atoms with E-state index in [0.29, 0.717) is 6.42 Å². The third kappa shape index (κ3) is 37.8. The second kappa shape index (κ2) is 53.0. The first-order chi connectivity index (χ1) is 39.6. The minimum atomic E-state index is -1.79. The monoisotopic (exact) mass is 1160 g/mol. The van der Waals surface area contributed by atoms with Crippen molar-refractivity contribution in [1.29, 1.82) is 0 Å². The van der Waals surface area contributed by atoms with Gasteiger partial charge < -0.3 is 65.1 Å². The van der Waals surface area contributed by atoms with E-state index in [2.05, 4.69) is 19.2 Å². The van der Waals surface area contributed by atoms with Crippen LogP contribution in [0.5, 0.6) is 0 Å². The fourth-order valence-electron chi connectivity index (χ4n) is 11.7. The van der Waals surface area contributed by atoms with E-state index in [9.17, 15) is 45.6 Å². The Morgan fingerprint density at radius 1 is 0.432 bits per heavy atom.